The van der Waals surface area contributed by atoms with Crippen molar-refractivity contribution >= 4 is 11.7 Å². The van der Waals surface area contributed by atoms with E-state index in [1.807, 2.05) is 24.8 Å². The Labute approximate surface area is 140 Å². The van der Waals surface area contributed by atoms with Crippen LogP contribution in [0.15, 0.2) is 28.8 Å². The maximum atomic E-state index is 13.0. The number of aryl methyl sites for hydroxylation is 2. The molecule has 2 aromatic rings. The molecule has 2 aromatic heterocycles. The highest BCUT2D eigenvalue weighted by atomic mass is 19.1. The summed E-state index contributed by atoms with van der Waals surface area (Å²) >= 11 is 0. The number of halogens is 1. The molecule has 5 nitrogen and oxygen atoms in total. The molecule has 24 heavy (non-hydrogen) atoms. The zero-order valence-electron chi connectivity index (χ0n) is 13.8. The van der Waals surface area contributed by atoms with E-state index in [9.17, 15) is 9.18 Å². The molecule has 0 saturated carbocycles. The lowest BCUT2D eigenvalue weighted by molar-refractivity contribution is 0.0781. The normalized spacial score (nSPS) is 23.0. The molecule has 1 amide bonds. The van der Waals surface area contributed by atoms with Crippen LogP contribution < -0.4 is 4.90 Å². The van der Waals surface area contributed by atoms with E-state index in [1.165, 1.54) is 12.3 Å². The summed E-state index contributed by atoms with van der Waals surface area (Å²) in [5.41, 5.74) is 0.671. The number of fused-ring (bicyclic) bond motifs is 1. The Kier molecular flexibility index (Phi) is 3.55. The number of aromatic nitrogens is 1. The van der Waals surface area contributed by atoms with Crippen LogP contribution in [0, 0.1) is 31.5 Å². The van der Waals surface area contributed by atoms with Crippen molar-refractivity contribution in [2.75, 3.05) is 31.1 Å². The van der Waals surface area contributed by atoms with Gasteiger partial charge in [0.1, 0.15) is 23.2 Å². The SMILES string of the molecule is Cc1cc(C(=O)N2CC3CN(c4ccc(F)cn4)CC3C2)c(C)o1. The molecule has 6 heteroatoms. The first kappa shape index (κ1) is 15.2. The lowest BCUT2D eigenvalue weighted by atomic mass is 10.0. The first-order chi connectivity index (χ1) is 11.5. The minimum atomic E-state index is -0.319. The van der Waals surface area contributed by atoms with Gasteiger partial charge in [0.15, 0.2) is 0 Å². The number of amides is 1. The Morgan fingerprint density at radius 1 is 1.21 bits per heavy atom. The maximum Gasteiger partial charge on any atom is 0.257 e. The van der Waals surface area contributed by atoms with E-state index in [2.05, 4.69) is 9.88 Å². The molecule has 0 radical (unpaired) electrons. The van der Waals surface area contributed by atoms with Crippen LogP contribution in [-0.2, 0) is 0 Å². The van der Waals surface area contributed by atoms with Crippen LogP contribution in [0.4, 0.5) is 10.2 Å². The smallest absolute Gasteiger partial charge is 0.257 e. The van der Waals surface area contributed by atoms with E-state index in [0.29, 0.717) is 23.2 Å². The fourth-order valence-corrected chi connectivity index (χ4v) is 3.91. The summed E-state index contributed by atoms with van der Waals surface area (Å²) in [6.07, 6.45) is 1.25. The zero-order chi connectivity index (χ0) is 16.8. The second kappa shape index (κ2) is 5.61. The van der Waals surface area contributed by atoms with E-state index in [-0.39, 0.29) is 11.7 Å². The molecule has 2 unspecified atom stereocenters. The number of likely N-dealkylation sites (tertiary alicyclic amines) is 1. The molecule has 126 valence electrons. The molecule has 2 saturated heterocycles. The van der Waals surface area contributed by atoms with Gasteiger partial charge in [-0.2, -0.15) is 0 Å². The lowest BCUT2D eigenvalue weighted by Crippen LogP contribution is -2.33. The number of hydrogen-bond acceptors (Lipinski definition) is 4. The van der Waals surface area contributed by atoms with Gasteiger partial charge in [-0.25, -0.2) is 9.37 Å². The van der Waals surface area contributed by atoms with Crippen molar-refractivity contribution in [2.24, 2.45) is 11.8 Å². The molecule has 0 N–H and O–H groups in total. The predicted molar refractivity (Wildman–Crippen MR) is 87.5 cm³/mol. The Bertz CT molecular complexity index is 757. The van der Waals surface area contributed by atoms with Crippen LogP contribution in [0.1, 0.15) is 21.9 Å². The van der Waals surface area contributed by atoms with Gasteiger partial charge in [0.25, 0.3) is 5.91 Å². The molecule has 2 fully saturated rings. The third-order valence-electron chi connectivity index (χ3n) is 5.08. The van der Waals surface area contributed by atoms with Crippen molar-refractivity contribution in [1.29, 1.82) is 0 Å². The van der Waals surface area contributed by atoms with Gasteiger partial charge in [-0.05, 0) is 32.0 Å². The molecular weight excluding hydrogens is 309 g/mol. The van der Waals surface area contributed by atoms with Crippen LogP contribution in [-0.4, -0.2) is 42.0 Å². The van der Waals surface area contributed by atoms with Crippen molar-refractivity contribution < 1.29 is 13.6 Å². The molecule has 2 aliphatic rings. The Hall–Kier alpha value is -2.37. The summed E-state index contributed by atoms with van der Waals surface area (Å²) < 4.78 is 18.5. The number of carbonyl (C=O) groups is 1. The van der Waals surface area contributed by atoms with Gasteiger partial charge >= 0.3 is 0 Å². The predicted octanol–water partition coefficient (Wildman–Crippen LogP) is 2.64. The quantitative estimate of drug-likeness (QED) is 0.850. The maximum absolute atomic E-state index is 13.0. The Morgan fingerprint density at radius 3 is 2.46 bits per heavy atom. The van der Waals surface area contributed by atoms with Gasteiger partial charge in [-0.15, -0.1) is 0 Å². The first-order valence-electron chi connectivity index (χ1n) is 8.24. The third-order valence-corrected chi connectivity index (χ3v) is 5.08. The van der Waals surface area contributed by atoms with E-state index in [0.717, 1.165) is 37.8 Å². The van der Waals surface area contributed by atoms with Gasteiger partial charge in [0, 0.05) is 38.0 Å². The van der Waals surface area contributed by atoms with Crippen molar-refractivity contribution in [2.45, 2.75) is 13.8 Å². The third kappa shape index (κ3) is 2.56. The Balaban J connectivity index is 1.43. The summed E-state index contributed by atoms with van der Waals surface area (Å²) in [4.78, 5) is 21.0. The topological polar surface area (TPSA) is 49.6 Å². The largest absolute Gasteiger partial charge is 0.466 e. The van der Waals surface area contributed by atoms with Gasteiger partial charge < -0.3 is 14.2 Å². The number of hydrogen-bond donors (Lipinski definition) is 0. The molecule has 0 bridgehead atoms. The number of carbonyl (C=O) groups excluding carboxylic acids is 1. The highest BCUT2D eigenvalue weighted by Crippen LogP contribution is 2.34. The fraction of sp³-hybridized carbons (Fsp3) is 0.444. The van der Waals surface area contributed by atoms with Gasteiger partial charge in [-0.3, -0.25) is 4.79 Å². The lowest BCUT2D eigenvalue weighted by Gasteiger charge is -2.22. The van der Waals surface area contributed by atoms with Crippen LogP contribution in [0.5, 0.6) is 0 Å². The average Bonchev–Trinajstić information content (AvgIpc) is 3.20. The number of rotatable bonds is 2. The van der Waals surface area contributed by atoms with E-state index in [1.54, 1.807) is 6.07 Å². The van der Waals surface area contributed by atoms with E-state index < -0.39 is 0 Å². The summed E-state index contributed by atoms with van der Waals surface area (Å²) in [6.45, 7) is 6.91. The van der Waals surface area contributed by atoms with E-state index >= 15 is 0 Å². The van der Waals surface area contributed by atoms with Gasteiger partial charge in [-0.1, -0.05) is 0 Å². The molecule has 4 rings (SSSR count). The molecule has 0 aromatic carbocycles. The van der Waals surface area contributed by atoms with Crippen molar-refractivity contribution in [3.63, 3.8) is 0 Å². The summed E-state index contributed by atoms with van der Waals surface area (Å²) in [7, 11) is 0. The van der Waals surface area contributed by atoms with Crippen LogP contribution in [0.2, 0.25) is 0 Å². The van der Waals surface area contributed by atoms with Gasteiger partial charge in [0.2, 0.25) is 0 Å². The molecule has 4 heterocycles. The van der Waals surface area contributed by atoms with Gasteiger partial charge in [0.05, 0.1) is 11.8 Å². The molecule has 2 aliphatic heterocycles. The number of furan rings is 1. The second-order valence-corrected chi connectivity index (χ2v) is 6.80. The first-order valence-corrected chi connectivity index (χ1v) is 8.24. The Morgan fingerprint density at radius 2 is 1.92 bits per heavy atom. The highest BCUT2D eigenvalue weighted by Gasteiger charge is 2.42. The number of anilines is 1. The molecule has 0 spiro atoms. The van der Waals surface area contributed by atoms with Crippen LogP contribution in [0.3, 0.4) is 0 Å². The minimum Gasteiger partial charge on any atom is -0.466 e. The summed E-state index contributed by atoms with van der Waals surface area (Å²) in [5.74, 6) is 2.88. The summed E-state index contributed by atoms with van der Waals surface area (Å²) in [5, 5.41) is 0. The fourth-order valence-electron chi connectivity index (χ4n) is 3.91. The van der Waals surface area contributed by atoms with Crippen LogP contribution >= 0.6 is 0 Å². The minimum absolute atomic E-state index is 0.0604. The standard InChI is InChI=1S/C18H20FN3O2/c1-11-5-16(12(2)24-11)18(23)22-9-13-7-21(8-14(13)10-22)17-4-3-15(19)6-20-17/h3-6,13-14H,7-10H2,1-2H3. The van der Waals surface area contributed by atoms with E-state index in [4.69, 9.17) is 4.42 Å². The number of nitrogens with zero attached hydrogens (tertiary/aromatic N) is 3. The molecule has 0 aliphatic carbocycles. The van der Waals surface area contributed by atoms with Crippen molar-refractivity contribution in [3.8, 4) is 0 Å². The molecular formula is C18H20FN3O2. The zero-order valence-corrected chi connectivity index (χ0v) is 13.8. The van der Waals surface area contributed by atoms with Crippen molar-refractivity contribution in [1.82, 2.24) is 9.88 Å². The molecule has 2 atom stereocenters. The van der Waals surface area contributed by atoms with Crippen molar-refractivity contribution in [3.05, 3.63) is 47.3 Å². The summed E-state index contributed by atoms with van der Waals surface area (Å²) in [6, 6.07) is 4.98. The monoisotopic (exact) mass is 329 g/mol. The highest BCUT2D eigenvalue weighted by molar-refractivity contribution is 5.95. The average molecular weight is 329 g/mol. The van der Waals surface area contributed by atoms with Crippen LogP contribution in [0.25, 0.3) is 0 Å². The number of pyridine rings is 1. The second-order valence-electron chi connectivity index (χ2n) is 6.80.